The SMILES string of the molecule is CC(C)NC(=O)CN1CCCc2cc(-c3nc(Nc4ccc5[nH]ncc5c4Cl)n(C)n3)ccc21. The molecule has 0 radical (unpaired) electrons. The fourth-order valence-corrected chi connectivity index (χ4v) is 4.60. The number of aromatic amines is 1. The van der Waals surface area contributed by atoms with E-state index in [4.69, 9.17) is 16.6 Å². The molecule has 1 aliphatic rings. The maximum Gasteiger partial charge on any atom is 0.239 e. The number of nitrogens with one attached hydrogen (secondary N) is 3. The van der Waals surface area contributed by atoms with Gasteiger partial charge >= 0.3 is 0 Å². The highest BCUT2D eigenvalue weighted by atomic mass is 35.5. The summed E-state index contributed by atoms with van der Waals surface area (Å²) in [6.45, 7) is 5.18. The Balaban J connectivity index is 1.38. The second kappa shape index (κ2) is 8.98. The molecule has 0 atom stereocenters. The van der Waals surface area contributed by atoms with E-state index in [0.717, 1.165) is 47.2 Å². The quantitative estimate of drug-likeness (QED) is 0.386. The van der Waals surface area contributed by atoms with Crippen molar-refractivity contribution in [3.05, 3.63) is 47.1 Å². The smallest absolute Gasteiger partial charge is 0.239 e. The van der Waals surface area contributed by atoms with Gasteiger partial charge in [-0.2, -0.15) is 10.1 Å². The van der Waals surface area contributed by atoms with Gasteiger partial charge in [-0.25, -0.2) is 4.68 Å². The summed E-state index contributed by atoms with van der Waals surface area (Å²) in [5, 5.41) is 19.2. The van der Waals surface area contributed by atoms with Crippen LogP contribution in [0.15, 0.2) is 36.5 Å². The van der Waals surface area contributed by atoms with E-state index in [2.05, 4.69) is 43.0 Å². The van der Waals surface area contributed by atoms with Crippen molar-refractivity contribution in [2.45, 2.75) is 32.7 Å². The van der Waals surface area contributed by atoms with Gasteiger partial charge in [0.25, 0.3) is 0 Å². The van der Waals surface area contributed by atoms with Gasteiger partial charge in [0.15, 0.2) is 5.82 Å². The number of anilines is 3. The number of fused-ring (bicyclic) bond motifs is 2. The van der Waals surface area contributed by atoms with Crippen molar-refractivity contribution in [2.75, 3.05) is 23.3 Å². The van der Waals surface area contributed by atoms with Crippen molar-refractivity contribution in [1.82, 2.24) is 30.3 Å². The van der Waals surface area contributed by atoms with E-state index in [0.29, 0.717) is 23.3 Å². The Kier molecular flexibility index (Phi) is 5.87. The monoisotopic (exact) mass is 478 g/mol. The van der Waals surface area contributed by atoms with Crippen LogP contribution in [0, 0.1) is 0 Å². The largest absolute Gasteiger partial charge is 0.362 e. The lowest BCUT2D eigenvalue weighted by atomic mass is 9.99. The van der Waals surface area contributed by atoms with Crippen LogP contribution in [0.1, 0.15) is 25.8 Å². The van der Waals surface area contributed by atoms with Gasteiger partial charge in [0.2, 0.25) is 11.9 Å². The molecule has 9 nitrogen and oxygen atoms in total. The van der Waals surface area contributed by atoms with Crippen LogP contribution in [0.4, 0.5) is 17.3 Å². The first-order chi connectivity index (χ1) is 16.4. The molecule has 2 aromatic heterocycles. The molecule has 34 heavy (non-hydrogen) atoms. The number of nitrogens with zero attached hydrogens (tertiary/aromatic N) is 5. The highest BCUT2D eigenvalue weighted by Crippen LogP contribution is 2.33. The van der Waals surface area contributed by atoms with Crippen LogP contribution < -0.4 is 15.5 Å². The zero-order chi connectivity index (χ0) is 23.8. The first-order valence-corrected chi connectivity index (χ1v) is 11.7. The third kappa shape index (κ3) is 4.31. The van der Waals surface area contributed by atoms with Crippen LogP contribution >= 0.6 is 11.6 Å². The molecule has 3 heterocycles. The summed E-state index contributed by atoms with van der Waals surface area (Å²) >= 11 is 6.55. The maximum absolute atomic E-state index is 12.3. The lowest BCUT2D eigenvalue weighted by Crippen LogP contribution is -2.42. The molecule has 10 heteroatoms. The van der Waals surface area contributed by atoms with Gasteiger partial charge in [0, 0.05) is 36.3 Å². The Morgan fingerprint density at radius 2 is 2.12 bits per heavy atom. The molecule has 1 aliphatic heterocycles. The van der Waals surface area contributed by atoms with Crippen LogP contribution in [-0.4, -0.2) is 50.0 Å². The molecular formula is C24H27ClN8O. The standard InChI is InChI=1S/C24H27ClN8O/c1-14(2)27-21(34)13-33-10-4-5-15-11-16(6-9-20(15)33)23-29-24(32(3)31-23)28-19-8-7-18-17(22(19)25)12-26-30-18/h6-9,11-12,14H,4-5,10,13H2,1-3H3,(H,26,30)(H,27,34)(H,28,29,31). The van der Waals surface area contributed by atoms with E-state index < -0.39 is 0 Å². The first-order valence-electron chi connectivity index (χ1n) is 11.4. The van der Waals surface area contributed by atoms with Gasteiger partial charge in [-0.1, -0.05) is 11.6 Å². The maximum atomic E-state index is 12.3. The Hall–Kier alpha value is -3.59. The highest BCUT2D eigenvalue weighted by molar-refractivity contribution is 6.38. The zero-order valence-electron chi connectivity index (χ0n) is 19.4. The average molecular weight is 479 g/mol. The molecule has 0 bridgehead atoms. The minimum Gasteiger partial charge on any atom is -0.362 e. The molecular weight excluding hydrogens is 452 g/mol. The van der Waals surface area contributed by atoms with Crippen molar-refractivity contribution in [3.8, 4) is 11.4 Å². The third-order valence-electron chi connectivity index (χ3n) is 5.90. The molecule has 0 aliphatic carbocycles. The van der Waals surface area contributed by atoms with Crippen molar-refractivity contribution in [3.63, 3.8) is 0 Å². The molecule has 0 fully saturated rings. The van der Waals surface area contributed by atoms with Crippen LogP contribution in [-0.2, 0) is 18.3 Å². The number of halogens is 1. The average Bonchev–Trinajstić information content (AvgIpc) is 3.42. The summed E-state index contributed by atoms with van der Waals surface area (Å²) in [5.41, 5.74) is 4.85. The predicted octanol–water partition coefficient (Wildman–Crippen LogP) is 4.03. The summed E-state index contributed by atoms with van der Waals surface area (Å²) in [4.78, 5) is 19.2. The summed E-state index contributed by atoms with van der Waals surface area (Å²) < 4.78 is 1.70. The molecule has 5 rings (SSSR count). The lowest BCUT2D eigenvalue weighted by Gasteiger charge is -2.31. The number of carbonyl (C=O) groups excluding carboxylic acids is 1. The van der Waals surface area contributed by atoms with Gasteiger partial charge in [-0.3, -0.25) is 9.89 Å². The molecule has 176 valence electrons. The second-order valence-corrected chi connectivity index (χ2v) is 9.23. The van der Waals surface area contributed by atoms with Crippen molar-refractivity contribution in [2.24, 2.45) is 7.05 Å². The number of rotatable bonds is 6. The number of H-pyrrole nitrogens is 1. The third-order valence-corrected chi connectivity index (χ3v) is 6.31. The van der Waals surface area contributed by atoms with Gasteiger partial charge in [-0.05, 0) is 62.6 Å². The van der Waals surface area contributed by atoms with Gasteiger partial charge < -0.3 is 15.5 Å². The van der Waals surface area contributed by atoms with E-state index in [-0.39, 0.29) is 11.9 Å². The van der Waals surface area contributed by atoms with E-state index in [1.165, 1.54) is 5.56 Å². The van der Waals surface area contributed by atoms with Crippen LogP contribution in [0.3, 0.4) is 0 Å². The Morgan fingerprint density at radius 3 is 2.94 bits per heavy atom. The Morgan fingerprint density at radius 1 is 1.26 bits per heavy atom. The number of hydrogen-bond acceptors (Lipinski definition) is 6. The van der Waals surface area contributed by atoms with Crippen molar-refractivity contribution in [1.29, 1.82) is 0 Å². The number of hydrogen-bond donors (Lipinski definition) is 3. The minimum atomic E-state index is 0.0429. The number of amides is 1. The molecule has 4 aromatic rings. The fourth-order valence-electron chi connectivity index (χ4n) is 4.33. The molecule has 0 saturated heterocycles. The van der Waals surface area contributed by atoms with E-state index in [9.17, 15) is 4.79 Å². The van der Waals surface area contributed by atoms with Crippen LogP contribution in [0.25, 0.3) is 22.3 Å². The molecule has 0 spiro atoms. The van der Waals surface area contributed by atoms with Crippen molar-refractivity contribution < 1.29 is 4.79 Å². The van der Waals surface area contributed by atoms with Gasteiger partial charge in [0.1, 0.15) is 0 Å². The second-order valence-electron chi connectivity index (χ2n) is 8.86. The van der Waals surface area contributed by atoms with Crippen LogP contribution in [0.5, 0.6) is 0 Å². The first kappa shape index (κ1) is 22.2. The van der Waals surface area contributed by atoms with E-state index >= 15 is 0 Å². The predicted molar refractivity (Wildman–Crippen MR) is 135 cm³/mol. The summed E-state index contributed by atoms with van der Waals surface area (Å²) in [6.07, 6.45) is 3.67. The molecule has 0 saturated carbocycles. The Labute approximate surface area is 202 Å². The Bertz CT molecular complexity index is 1360. The number of carbonyl (C=O) groups is 1. The summed E-state index contributed by atoms with van der Waals surface area (Å²) in [6, 6.07) is 10.2. The minimum absolute atomic E-state index is 0.0429. The summed E-state index contributed by atoms with van der Waals surface area (Å²) in [5.74, 6) is 1.26. The fraction of sp³-hybridized carbons (Fsp3) is 0.333. The van der Waals surface area contributed by atoms with Crippen molar-refractivity contribution >= 4 is 45.7 Å². The number of aromatic nitrogens is 5. The number of benzene rings is 2. The molecule has 1 amide bonds. The molecule has 3 N–H and O–H groups in total. The van der Waals surface area contributed by atoms with E-state index in [1.807, 2.05) is 39.1 Å². The normalized spacial score (nSPS) is 13.4. The molecule has 0 unspecified atom stereocenters. The highest BCUT2D eigenvalue weighted by Gasteiger charge is 2.21. The van der Waals surface area contributed by atoms with Gasteiger partial charge in [-0.15, -0.1) is 5.10 Å². The number of aryl methyl sites for hydroxylation is 2. The zero-order valence-corrected chi connectivity index (χ0v) is 20.1. The molecule has 2 aromatic carbocycles. The van der Waals surface area contributed by atoms with E-state index in [1.54, 1.807) is 10.9 Å². The lowest BCUT2D eigenvalue weighted by molar-refractivity contribution is -0.120. The van der Waals surface area contributed by atoms with Crippen LogP contribution in [0.2, 0.25) is 5.02 Å². The van der Waals surface area contributed by atoms with Gasteiger partial charge in [0.05, 0.1) is 29.0 Å². The topological polar surface area (TPSA) is 104 Å². The summed E-state index contributed by atoms with van der Waals surface area (Å²) in [7, 11) is 1.84.